The van der Waals surface area contributed by atoms with Crippen LogP contribution >= 0.6 is 0 Å². The SMILES string of the molecule is CC(C)Cc1ccc(C(C)C(=O)NC[C@@H](NC(=O)OC(C)(C)C)C(=O)O)cc1. The van der Waals surface area contributed by atoms with Crippen LogP contribution in [-0.2, 0) is 20.7 Å². The molecule has 1 unspecified atom stereocenters. The Morgan fingerprint density at radius 2 is 1.64 bits per heavy atom. The second kappa shape index (κ2) is 10.1. The summed E-state index contributed by atoms with van der Waals surface area (Å²) in [5, 5.41) is 14.1. The molecule has 0 radical (unpaired) electrons. The molecule has 0 fully saturated rings. The van der Waals surface area contributed by atoms with Gasteiger partial charge in [0.15, 0.2) is 0 Å². The zero-order valence-electron chi connectivity index (χ0n) is 17.5. The first-order valence-electron chi connectivity index (χ1n) is 9.48. The number of benzene rings is 1. The van der Waals surface area contributed by atoms with Crippen molar-refractivity contribution in [2.45, 2.75) is 65.5 Å². The Morgan fingerprint density at radius 3 is 2.11 bits per heavy atom. The van der Waals surface area contributed by atoms with Crippen LogP contribution in [0.4, 0.5) is 4.79 Å². The third kappa shape index (κ3) is 8.41. The molecule has 0 aliphatic carbocycles. The van der Waals surface area contributed by atoms with E-state index in [2.05, 4.69) is 24.5 Å². The minimum Gasteiger partial charge on any atom is -0.480 e. The van der Waals surface area contributed by atoms with Crippen molar-refractivity contribution in [3.8, 4) is 0 Å². The molecule has 28 heavy (non-hydrogen) atoms. The first-order valence-corrected chi connectivity index (χ1v) is 9.48. The van der Waals surface area contributed by atoms with Crippen LogP contribution in [0.1, 0.15) is 58.6 Å². The Balaban J connectivity index is 2.64. The lowest BCUT2D eigenvalue weighted by atomic mass is 9.96. The van der Waals surface area contributed by atoms with Gasteiger partial charge in [-0.3, -0.25) is 4.79 Å². The molecule has 0 aliphatic heterocycles. The fourth-order valence-corrected chi connectivity index (χ4v) is 2.57. The van der Waals surface area contributed by atoms with Crippen molar-refractivity contribution in [2.24, 2.45) is 5.92 Å². The predicted octanol–water partition coefficient (Wildman–Crippen LogP) is 3.08. The number of amides is 2. The summed E-state index contributed by atoms with van der Waals surface area (Å²) in [7, 11) is 0. The largest absolute Gasteiger partial charge is 0.480 e. The van der Waals surface area contributed by atoms with Gasteiger partial charge in [-0.25, -0.2) is 9.59 Å². The highest BCUT2D eigenvalue weighted by Gasteiger charge is 2.25. The summed E-state index contributed by atoms with van der Waals surface area (Å²) in [4.78, 5) is 35.5. The Bertz CT molecular complexity index is 677. The molecule has 0 heterocycles. The Labute approximate surface area is 166 Å². The van der Waals surface area contributed by atoms with Crippen molar-refractivity contribution in [3.63, 3.8) is 0 Å². The standard InChI is InChI=1S/C21H32N2O5/c1-13(2)11-15-7-9-16(10-8-15)14(3)18(24)22-12-17(19(25)26)23-20(27)28-21(4,5)6/h7-10,13-14,17H,11-12H2,1-6H3,(H,22,24)(H,23,27)(H,25,26)/t14?,17-/m1/s1. The van der Waals surface area contributed by atoms with Gasteiger partial charge < -0.3 is 20.5 Å². The Hall–Kier alpha value is -2.57. The van der Waals surface area contributed by atoms with E-state index in [9.17, 15) is 19.5 Å². The van der Waals surface area contributed by atoms with Crippen molar-refractivity contribution < 1.29 is 24.2 Å². The quantitative estimate of drug-likeness (QED) is 0.631. The molecule has 0 spiro atoms. The number of hydrogen-bond acceptors (Lipinski definition) is 4. The number of carboxylic acids is 1. The number of hydrogen-bond donors (Lipinski definition) is 3. The molecule has 0 aromatic heterocycles. The number of carboxylic acid groups (broad SMARTS) is 1. The van der Waals surface area contributed by atoms with Gasteiger partial charge in [-0.15, -0.1) is 0 Å². The molecule has 1 aromatic rings. The molecule has 2 amide bonds. The summed E-state index contributed by atoms with van der Waals surface area (Å²) < 4.78 is 5.05. The van der Waals surface area contributed by atoms with Crippen LogP contribution < -0.4 is 10.6 Å². The van der Waals surface area contributed by atoms with E-state index >= 15 is 0 Å². The number of nitrogens with one attached hydrogen (secondary N) is 2. The molecule has 0 saturated carbocycles. The number of aliphatic carboxylic acids is 1. The van der Waals surface area contributed by atoms with E-state index in [4.69, 9.17) is 4.74 Å². The number of rotatable bonds is 8. The van der Waals surface area contributed by atoms with Gasteiger partial charge in [-0.1, -0.05) is 38.1 Å². The fraction of sp³-hybridized carbons (Fsp3) is 0.571. The van der Waals surface area contributed by atoms with Crippen LogP contribution in [0.2, 0.25) is 0 Å². The van der Waals surface area contributed by atoms with Gasteiger partial charge in [-0.2, -0.15) is 0 Å². The average Bonchev–Trinajstić information content (AvgIpc) is 2.56. The van der Waals surface area contributed by atoms with Crippen molar-refractivity contribution in [3.05, 3.63) is 35.4 Å². The third-order valence-electron chi connectivity index (χ3n) is 3.99. The number of carbonyl (C=O) groups excluding carboxylic acids is 2. The van der Waals surface area contributed by atoms with Gasteiger partial charge in [-0.05, 0) is 51.2 Å². The topological polar surface area (TPSA) is 105 Å². The molecule has 1 aromatic carbocycles. The summed E-state index contributed by atoms with van der Waals surface area (Å²) in [5.74, 6) is -1.45. The van der Waals surface area contributed by atoms with Crippen molar-refractivity contribution >= 4 is 18.0 Å². The smallest absolute Gasteiger partial charge is 0.408 e. The second-order valence-electron chi connectivity index (χ2n) is 8.34. The minimum absolute atomic E-state index is 0.233. The van der Waals surface area contributed by atoms with Crippen LogP contribution in [0.15, 0.2) is 24.3 Å². The summed E-state index contributed by atoms with van der Waals surface area (Å²) in [5.41, 5.74) is 1.31. The summed E-state index contributed by atoms with van der Waals surface area (Å²) >= 11 is 0. The summed E-state index contributed by atoms with van der Waals surface area (Å²) in [6, 6.07) is 6.55. The molecule has 3 N–H and O–H groups in total. The van der Waals surface area contributed by atoms with Crippen LogP contribution in [-0.4, -0.2) is 41.3 Å². The number of alkyl carbamates (subject to hydrolysis) is 1. The lowest BCUT2D eigenvalue weighted by molar-refractivity contribution is -0.139. The summed E-state index contributed by atoms with van der Waals surface area (Å²) in [6.07, 6.45) is 0.125. The first-order chi connectivity index (χ1) is 12.9. The maximum Gasteiger partial charge on any atom is 0.408 e. The van der Waals surface area contributed by atoms with Gasteiger partial charge in [0.2, 0.25) is 5.91 Å². The normalized spacial score (nSPS) is 13.5. The van der Waals surface area contributed by atoms with Gasteiger partial charge in [0, 0.05) is 6.54 Å². The van der Waals surface area contributed by atoms with Gasteiger partial charge >= 0.3 is 12.1 Å². The third-order valence-corrected chi connectivity index (χ3v) is 3.99. The molecule has 0 bridgehead atoms. The van der Waals surface area contributed by atoms with E-state index < -0.39 is 29.6 Å². The predicted molar refractivity (Wildman–Crippen MR) is 107 cm³/mol. The number of ether oxygens (including phenoxy) is 1. The number of carbonyl (C=O) groups is 3. The average molecular weight is 392 g/mol. The van der Waals surface area contributed by atoms with Crippen LogP contribution in [0.5, 0.6) is 0 Å². The zero-order valence-corrected chi connectivity index (χ0v) is 17.5. The molecule has 7 heteroatoms. The highest BCUT2D eigenvalue weighted by Crippen LogP contribution is 2.17. The van der Waals surface area contributed by atoms with Gasteiger partial charge in [0.05, 0.1) is 5.92 Å². The van der Waals surface area contributed by atoms with Crippen molar-refractivity contribution in [2.75, 3.05) is 6.54 Å². The molecule has 7 nitrogen and oxygen atoms in total. The van der Waals surface area contributed by atoms with Crippen LogP contribution in [0.3, 0.4) is 0 Å². The van der Waals surface area contributed by atoms with Gasteiger partial charge in [0.1, 0.15) is 11.6 Å². The molecule has 156 valence electrons. The van der Waals surface area contributed by atoms with E-state index in [-0.39, 0.29) is 12.5 Å². The second-order valence-corrected chi connectivity index (χ2v) is 8.34. The highest BCUT2D eigenvalue weighted by atomic mass is 16.6. The molecule has 0 aliphatic rings. The molecule has 0 saturated heterocycles. The lowest BCUT2D eigenvalue weighted by Gasteiger charge is -2.22. The Morgan fingerprint density at radius 1 is 1.07 bits per heavy atom. The van der Waals surface area contributed by atoms with E-state index in [0.717, 1.165) is 12.0 Å². The monoisotopic (exact) mass is 392 g/mol. The Kier molecular flexibility index (Phi) is 8.47. The molecular weight excluding hydrogens is 360 g/mol. The zero-order chi connectivity index (χ0) is 21.5. The fourth-order valence-electron chi connectivity index (χ4n) is 2.57. The maximum absolute atomic E-state index is 12.4. The molecular formula is C21H32N2O5. The van der Waals surface area contributed by atoms with E-state index in [1.807, 2.05) is 24.3 Å². The minimum atomic E-state index is -1.28. The maximum atomic E-state index is 12.4. The summed E-state index contributed by atoms with van der Waals surface area (Å²) in [6.45, 7) is 10.9. The van der Waals surface area contributed by atoms with E-state index in [0.29, 0.717) is 5.92 Å². The van der Waals surface area contributed by atoms with Crippen molar-refractivity contribution in [1.29, 1.82) is 0 Å². The molecule has 2 atom stereocenters. The van der Waals surface area contributed by atoms with E-state index in [1.165, 1.54) is 5.56 Å². The first kappa shape index (κ1) is 23.5. The van der Waals surface area contributed by atoms with Crippen LogP contribution in [0, 0.1) is 5.92 Å². The van der Waals surface area contributed by atoms with Crippen molar-refractivity contribution in [1.82, 2.24) is 10.6 Å². The highest BCUT2D eigenvalue weighted by molar-refractivity contribution is 5.85. The lowest BCUT2D eigenvalue weighted by Crippen LogP contribution is -2.50. The van der Waals surface area contributed by atoms with E-state index in [1.54, 1.807) is 27.7 Å². The van der Waals surface area contributed by atoms with Crippen LogP contribution in [0.25, 0.3) is 0 Å². The van der Waals surface area contributed by atoms with Gasteiger partial charge in [0.25, 0.3) is 0 Å². The molecule has 1 rings (SSSR count).